The predicted molar refractivity (Wildman–Crippen MR) is 122 cm³/mol. The van der Waals surface area contributed by atoms with Crippen molar-refractivity contribution in [1.82, 2.24) is 10.3 Å². The molecule has 1 aliphatic rings. The van der Waals surface area contributed by atoms with Crippen LogP contribution >= 0.6 is 0 Å². The van der Waals surface area contributed by atoms with Gasteiger partial charge in [0.2, 0.25) is 0 Å². The molecule has 9 heteroatoms. The maximum atomic E-state index is 12.3. The number of benzene rings is 1. The lowest BCUT2D eigenvalue weighted by Gasteiger charge is -2.37. The molecule has 1 N–H and O–H groups in total. The number of amides is 1. The van der Waals surface area contributed by atoms with Crippen molar-refractivity contribution in [2.45, 2.75) is 58.8 Å². The zero-order valence-corrected chi connectivity index (χ0v) is 19.5. The van der Waals surface area contributed by atoms with E-state index in [1.54, 1.807) is 6.92 Å². The third-order valence-corrected chi connectivity index (χ3v) is 5.44. The first-order valence-corrected chi connectivity index (χ1v) is 11.5. The number of piperidine rings is 1. The minimum absolute atomic E-state index is 0.193. The molecule has 0 radical (unpaired) electrons. The van der Waals surface area contributed by atoms with Crippen LogP contribution in [0.3, 0.4) is 0 Å². The third-order valence-electron chi connectivity index (χ3n) is 5.44. The average Bonchev–Trinajstić information content (AvgIpc) is 3.21. The summed E-state index contributed by atoms with van der Waals surface area (Å²) in [6.45, 7) is 7.74. The van der Waals surface area contributed by atoms with Crippen LogP contribution in [0.4, 0.5) is 10.8 Å². The largest absolute Gasteiger partial charge is 0.461 e. The van der Waals surface area contributed by atoms with Crippen molar-refractivity contribution in [3.05, 3.63) is 47.3 Å². The number of anilines is 1. The summed E-state index contributed by atoms with van der Waals surface area (Å²) in [4.78, 5) is 30.9. The Balaban J connectivity index is 1.57. The second kappa shape index (κ2) is 12.2. The molecule has 1 fully saturated rings. The molecule has 180 valence electrons. The number of aryl methyl sites for hydroxylation is 1. The summed E-state index contributed by atoms with van der Waals surface area (Å²) in [5, 5.41) is 2.92. The first-order valence-electron chi connectivity index (χ1n) is 11.5. The van der Waals surface area contributed by atoms with E-state index in [4.69, 9.17) is 18.6 Å². The molecule has 2 heterocycles. The fourth-order valence-electron chi connectivity index (χ4n) is 3.64. The summed E-state index contributed by atoms with van der Waals surface area (Å²) >= 11 is 0. The number of alkyl carbamates (subject to hydrolysis) is 1. The standard InChI is InChI=1S/C24H33N3O6/c1-4-6-14-31-22(28)21-17(3)33-23(26-21)27-13-12-19(20(15-27)30-5-2)25-24(29)32-16-18-10-8-7-9-11-18/h7-11,19-20H,4-6,12-16H2,1-3H3,(H,25,29)/t19-,20+/m0/s1. The summed E-state index contributed by atoms with van der Waals surface area (Å²) in [7, 11) is 0. The van der Waals surface area contributed by atoms with Gasteiger partial charge in [0.1, 0.15) is 12.4 Å². The van der Waals surface area contributed by atoms with Gasteiger partial charge in [0.15, 0.2) is 5.69 Å². The van der Waals surface area contributed by atoms with Crippen molar-refractivity contribution in [1.29, 1.82) is 0 Å². The number of oxazole rings is 1. The summed E-state index contributed by atoms with van der Waals surface area (Å²) in [5.41, 5.74) is 1.12. The number of hydrogen-bond donors (Lipinski definition) is 1. The fourth-order valence-corrected chi connectivity index (χ4v) is 3.64. The maximum absolute atomic E-state index is 12.3. The summed E-state index contributed by atoms with van der Waals surface area (Å²) in [6.07, 6.45) is 1.60. The molecule has 1 saturated heterocycles. The zero-order chi connectivity index (χ0) is 23.6. The van der Waals surface area contributed by atoms with Crippen LogP contribution < -0.4 is 10.2 Å². The van der Waals surface area contributed by atoms with Crippen molar-refractivity contribution in [3.63, 3.8) is 0 Å². The van der Waals surface area contributed by atoms with Gasteiger partial charge in [-0.3, -0.25) is 0 Å². The molecular formula is C24H33N3O6. The van der Waals surface area contributed by atoms with Gasteiger partial charge in [-0.25, -0.2) is 9.59 Å². The van der Waals surface area contributed by atoms with E-state index >= 15 is 0 Å². The van der Waals surface area contributed by atoms with Gasteiger partial charge in [0.25, 0.3) is 6.01 Å². The minimum atomic E-state index is -0.480. The van der Waals surface area contributed by atoms with Crippen LogP contribution in [-0.4, -0.2) is 55.5 Å². The van der Waals surface area contributed by atoms with Gasteiger partial charge in [-0.15, -0.1) is 0 Å². The van der Waals surface area contributed by atoms with Crippen molar-refractivity contribution in [2.24, 2.45) is 0 Å². The van der Waals surface area contributed by atoms with Crippen LogP contribution in [0.1, 0.15) is 54.9 Å². The number of carbonyl (C=O) groups excluding carboxylic acids is 2. The Kier molecular flexibility index (Phi) is 9.12. The van der Waals surface area contributed by atoms with E-state index in [9.17, 15) is 9.59 Å². The quantitative estimate of drug-likeness (QED) is 0.422. The van der Waals surface area contributed by atoms with Gasteiger partial charge in [0.05, 0.1) is 25.3 Å². The summed E-state index contributed by atoms with van der Waals surface area (Å²) in [5.74, 6) is -0.0563. The fraction of sp³-hybridized carbons (Fsp3) is 0.542. The van der Waals surface area contributed by atoms with E-state index < -0.39 is 12.1 Å². The molecule has 9 nitrogen and oxygen atoms in total. The average molecular weight is 460 g/mol. The predicted octanol–water partition coefficient (Wildman–Crippen LogP) is 3.85. The molecule has 1 aromatic carbocycles. The number of aromatic nitrogens is 1. The number of nitrogens with one attached hydrogen (secondary N) is 1. The van der Waals surface area contributed by atoms with Crippen LogP contribution in [0.2, 0.25) is 0 Å². The first-order chi connectivity index (χ1) is 16.0. The summed E-state index contributed by atoms with van der Waals surface area (Å²) in [6, 6.07) is 9.67. The molecule has 0 unspecified atom stereocenters. The van der Waals surface area contributed by atoms with Crippen molar-refractivity contribution >= 4 is 18.1 Å². The van der Waals surface area contributed by atoms with E-state index in [2.05, 4.69) is 10.3 Å². The molecule has 1 aromatic heterocycles. The molecule has 0 saturated carbocycles. The van der Waals surface area contributed by atoms with Crippen LogP contribution in [0.15, 0.2) is 34.7 Å². The Hall–Kier alpha value is -3.07. The highest BCUT2D eigenvalue weighted by atomic mass is 16.6. The molecule has 3 rings (SSSR count). The van der Waals surface area contributed by atoms with Gasteiger partial charge in [0, 0.05) is 13.2 Å². The normalized spacial score (nSPS) is 18.1. The van der Waals surface area contributed by atoms with E-state index in [1.807, 2.05) is 49.1 Å². The Labute approximate surface area is 194 Å². The smallest absolute Gasteiger partial charge is 0.407 e. The number of carbonyl (C=O) groups is 2. The second-order valence-corrected chi connectivity index (χ2v) is 7.93. The van der Waals surface area contributed by atoms with E-state index in [1.165, 1.54) is 0 Å². The Morgan fingerprint density at radius 2 is 2.00 bits per heavy atom. The van der Waals surface area contributed by atoms with Gasteiger partial charge in [-0.1, -0.05) is 43.7 Å². The van der Waals surface area contributed by atoms with E-state index in [0.717, 1.165) is 18.4 Å². The molecule has 2 aromatic rings. The van der Waals surface area contributed by atoms with Crippen LogP contribution in [0.5, 0.6) is 0 Å². The first kappa shape index (κ1) is 24.6. The van der Waals surface area contributed by atoms with Crippen molar-refractivity contribution < 1.29 is 28.2 Å². The van der Waals surface area contributed by atoms with E-state index in [0.29, 0.717) is 44.5 Å². The molecular weight excluding hydrogens is 426 g/mol. The highest BCUT2D eigenvalue weighted by molar-refractivity contribution is 5.88. The molecule has 1 aliphatic heterocycles. The highest BCUT2D eigenvalue weighted by Crippen LogP contribution is 2.24. The number of ether oxygens (including phenoxy) is 3. The van der Waals surface area contributed by atoms with Crippen LogP contribution in [0.25, 0.3) is 0 Å². The Morgan fingerprint density at radius 1 is 1.21 bits per heavy atom. The third kappa shape index (κ3) is 6.95. The highest BCUT2D eigenvalue weighted by Gasteiger charge is 2.34. The van der Waals surface area contributed by atoms with Gasteiger partial charge >= 0.3 is 12.1 Å². The van der Waals surface area contributed by atoms with Crippen LogP contribution in [0, 0.1) is 6.92 Å². The van der Waals surface area contributed by atoms with Crippen molar-refractivity contribution in [3.8, 4) is 0 Å². The van der Waals surface area contributed by atoms with Crippen molar-refractivity contribution in [2.75, 3.05) is 31.2 Å². The van der Waals surface area contributed by atoms with E-state index in [-0.39, 0.29) is 24.4 Å². The lowest BCUT2D eigenvalue weighted by molar-refractivity contribution is 0.0252. The van der Waals surface area contributed by atoms with Crippen LogP contribution in [-0.2, 0) is 20.8 Å². The Bertz CT molecular complexity index is 901. The lowest BCUT2D eigenvalue weighted by Crippen LogP contribution is -2.55. The molecule has 1 amide bonds. The number of hydrogen-bond acceptors (Lipinski definition) is 8. The second-order valence-electron chi connectivity index (χ2n) is 7.93. The molecule has 0 spiro atoms. The number of esters is 1. The molecule has 0 bridgehead atoms. The number of nitrogens with zero attached hydrogens (tertiary/aromatic N) is 2. The SMILES string of the molecule is CCCCOC(=O)c1nc(N2CC[C@H](NC(=O)OCc3ccccc3)[C@H](OCC)C2)oc1C. The molecule has 33 heavy (non-hydrogen) atoms. The van der Waals surface area contributed by atoms with Gasteiger partial charge < -0.3 is 28.8 Å². The topological polar surface area (TPSA) is 103 Å². The maximum Gasteiger partial charge on any atom is 0.407 e. The minimum Gasteiger partial charge on any atom is -0.461 e. The lowest BCUT2D eigenvalue weighted by atomic mass is 10.0. The molecule has 2 atom stereocenters. The van der Waals surface area contributed by atoms with Gasteiger partial charge in [-0.05, 0) is 32.3 Å². The zero-order valence-electron chi connectivity index (χ0n) is 19.5. The molecule has 0 aliphatic carbocycles. The monoisotopic (exact) mass is 459 g/mol. The van der Waals surface area contributed by atoms with Gasteiger partial charge in [-0.2, -0.15) is 4.98 Å². The number of unbranched alkanes of at least 4 members (excludes halogenated alkanes) is 1. The number of rotatable bonds is 10. The Morgan fingerprint density at radius 3 is 2.73 bits per heavy atom. The summed E-state index contributed by atoms with van der Waals surface area (Å²) < 4.78 is 22.3.